The quantitative estimate of drug-likeness (QED) is 0.780. The molecule has 1 aliphatic heterocycles. The maximum absolute atomic E-state index is 12.1. The number of carbonyl (C=O) groups excluding carboxylic acids is 1. The van der Waals surface area contributed by atoms with E-state index >= 15 is 0 Å². The van der Waals surface area contributed by atoms with Crippen molar-refractivity contribution in [1.29, 1.82) is 0 Å². The lowest BCUT2D eigenvalue weighted by molar-refractivity contribution is 0.0768. The number of carbonyl (C=O) groups is 1. The molecule has 0 aliphatic carbocycles. The molecule has 2 atom stereocenters. The fraction of sp³-hybridized carbons (Fsp3) is 0.545. The van der Waals surface area contributed by atoms with Crippen LogP contribution in [0.5, 0.6) is 0 Å². The zero-order valence-corrected chi connectivity index (χ0v) is 11.2. The van der Waals surface area contributed by atoms with Crippen LogP contribution in [0, 0.1) is 12.8 Å². The molecule has 2 nitrogen and oxygen atoms in total. The summed E-state index contributed by atoms with van der Waals surface area (Å²) in [7, 11) is 0. The molecule has 1 saturated heterocycles. The first-order valence-electron chi connectivity index (χ1n) is 5.01. The Kier molecular flexibility index (Phi) is 3.28. The smallest absolute Gasteiger partial charge is 0.178 e. The SMILES string of the molecule is Cc1sc(C(=O)C2CCOC2C)cc1Br. The molecule has 1 fully saturated rings. The summed E-state index contributed by atoms with van der Waals surface area (Å²) in [6, 6.07) is 1.92. The Hall–Kier alpha value is -0.190. The molecule has 82 valence electrons. The number of rotatable bonds is 2. The summed E-state index contributed by atoms with van der Waals surface area (Å²) in [5, 5.41) is 0. The number of thiophene rings is 1. The minimum atomic E-state index is 0.0509. The van der Waals surface area contributed by atoms with E-state index in [1.807, 2.05) is 19.9 Å². The Labute approximate surface area is 102 Å². The van der Waals surface area contributed by atoms with E-state index in [1.54, 1.807) is 11.3 Å². The Balaban J connectivity index is 2.20. The first-order chi connectivity index (χ1) is 7.09. The number of Topliss-reactive ketones (excluding diaryl/α,β-unsaturated/α-hetero) is 1. The Morgan fingerprint density at radius 3 is 2.87 bits per heavy atom. The van der Waals surface area contributed by atoms with Gasteiger partial charge in [-0.3, -0.25) is 4.79 Å². The Bertz CT molecular complexity index is 366. The minimum absolute atomic E-state index is 0.0509. The van der Waals surface area contributed by atoms with Crippen LogP contribution >= 0.6 is 27.3 Å². The first kappa shape index (κ1) is 11.3. The summed E-state index contributed by atoms with van der Waals surface area (Å²) < 4.78 is 6.45. The van der Waals surface area contributed by atoms with Crippen molar-refractivity contribution in [2.24, 2.45) is 5.92 Å². The third-order valence-electron chi connectivity index (χ3n) is 2.81. The van der Waals surface area contributed by atoms with Crippen LogP contribution in [0.25, 0.3) is 0 Å². The second kappa shape index (κ2) is 4.36. The summed E-state index contributed by atoms with van der Waals surface area (Å²) in [5.74, 6) is 0.286. The molecule has 1 aliphatic rings. The summed E-state index contributed by atoms with van der Waals surface area (Å²) >= 11 is 4.99. The largest absolute Gasteiger partial charge is 0.378 e. The van der Waals surface area contributed by atoms with Crippen LogP contribution in [0.15, 0.2) is 10.5 Å². The molecule has 1 aromatic rings. The fourth-order valence-electron chi connectivity index (χ4n) is 1.84. The van der Waals surface area contributed by atoms with E-state index in [-0.39, 0.29) is 17.8 Å². The molecule has 0 bridgehead atoms. The van der Waals surface area contributed by atoms with Gasteiger partial charge in [0.1, 0.15) is 0 Å². The highest BCUT2D eigenvalue weighted by atomic mass is 79.9. The normalized spacial score (nSPS) is 25.8. The third-order valence-corrected chi connectivity index (χ3v) is 4.96. The summed E-state index contributed by atoms with van der Waals surface area (Å²) in [6.45, 7) is 4.70. The predicted octanol–water partition coefficient (Wildman–Crippen LogP) is 3.43. The van der Waals surface area contributed by atoms with Crippen LogP contribution < -0.4 is 0 Å². The van der Waals surface area contributed by atoms with Gasteiger partial charge in [0.2, 0.25) is 0 Å². The lowest BCUT2D eigenvalue weighted by Crippen LogP contribution is -2.20. The average molecular weight is 289 g/mol. The zero-order valence-electron chi connectivity index (χ0n) is 8.75. The summed E-state index contributed by atoms with van der Waals surface area (Å²) in [4.78, 5) is 14.1. The topological polar surface area (TPSA) is 26.3 Å². The van der Waals surface area contributed by atoms with Gasteiger partial charge < -0.3 is 4.74 Å². The maximum atomic E-state index is 12.1. The maximum Gasteiger partial charge on any atom is 0.178 e. The van der Waals surface area contributed by atoms with Gasteiger partial charge in [0.15, 0.2) is 5.78 Å². The van der Waals surface area contributed by atoms with Crippen LogP contribution in [0.3, 0.4) is 0 Å². The molecule has 4 heteroatoms. The van der Waals surface area contributed by atoms with Crippen LogP contribution in [-0.4, -0.2) is 18.5 Å². The molecule has 1 aromatic heterocycles. The molecule has 15 heavy (non-hydrogen) atoms. The molecule has 0 amide bonds. The van der Waals surface area contributed by atoms with E-state index in [0.717, 1.165) is 20.6 Å². The number of ketones is 1. The minimum Gasteiger partial charge on any atom is -0.378 e. The van der Waals surface area contributed by atoms with Crippen molar-refractivity contribution in [3.63, 3.8) is 0 Å². The number of aryl methyl sites for hydroxylation is 1. The van der Waals surface area contributed by atoms with Gasteiger partial charge in [-0.15, -0.1) is 11.3 Å². The van der Waals surface area contributed by atoms with Crippen molar-refractivity contribution in [1.82, 2.24) is 0 Å². The van der Waals surface area contributed by atoms with E-state index in [0.29, 0.717) is 6.61 Å². The second-order valence-corrected chi connectivity index (χ2v) is 5.96. The van der Waals surface area contributed by atoms with Crippen molar-refractivity contribution in [2.45, 2.75) is 26.4 Å². The molecule has 2 heterocycles. The standard InChI is InChI=1S/C11H13BrO2S/c1-6-8(3-4-14-6)11(13)10-5-9(12)7(2)15-10/h5-6,8H,3-4H2,1-2H3. The van der Waals surface area contributed by atoms with Crippen molar-refractivity contribution in [3.8, 4) is 0 Å². The molecule has 0 N–H and O–H groups in total. The summed E-state index contributed by atoms with van der Waals surface area (Å²) in [6.07, 6.45) is 0.924. The summed E-state index contributed by atoms with van der Waals surface area (Å²) in [5.41, 5.74) is 0. The van der Waals surface area contributed by atoms with Gasteiger partial charge in [0, 0.05) is 16.0 Å². The van der Waals surface area contributed by atoms with Crippen molar-refractivity contribution >= 4 is 33.0 Å². The number of ether oxygens (including phenoxy) is 1. The van der Waals surface area contributed by atoms with Gasteiger partial charge in [-0.1, -0.05) is 0 Å². The Morgan fingerprint density at radius 1 is 1.67 bits per heavy atom. The van der Waals surface area contributed by atoms with E-state index in [4.69, 9.17) is 4.74 Å². The van der Waals surface area contributed by atoms with Gasteiger partial charge >= 0.3 is 0 Å². The number of halogens is 1. The van der Waals surface area contributed by atoms with Gasteiger partial charge in [-0.05, 0) is 42.3 Å². The van der Waals surface area contributed by atoms with Crippen LogP contribution in [-0.2, 0) is 4.74 Å². The van der Waals surface area contributed by atoms with E-state index in [2.05, 4.69) is 15.9 Å². The Morgan fingerprint density at radius 2 is 2.40 bits per heavy atom. The molecule has 2 rings (SSSR count). The molecular formula is C11H13BrO2S. The molecule has 0 radical (unpaired) electrons. The van der Waals surface area contributed by atoms with Gasteiger partial charge in [-0.2, -0.15) is 0 Å². The third kappa shape index (κ3) is 2.17. The predicted molar refractivity (Wildman–Crippen MR) is 64.6 cm³/mol. The fourth-order valence-corrected chi connectivity index (χ4v) is 3.38. The van der Waals surface area contributed by atoms with Gasteiger partial charge in [-0.25, -0.2) is 0 Å². The van der Waals surface area contributed by atoms with Gasteiger partial charge in [0.05, 0.1) is 16.9 Å². The number of hydrogen-bond donors (Lipinski definition) is 0. The zero-order chi connectivity index (χ0) is 11.0. The van der Waals surface area contributed by atoms with Crippen LogP contribution in [0.4, 0.5) is 0 Å². The highest BCUT2D eigenvalue weighted by molar-refractivity contribution is 9.10. The van der Waals surface area contributed by atoms with Gasteiger partial charge in [0.25, 0.3) is 0 Å². The van der Waals surface area contributed by atoms with E-state index in [1.165, 1.54) is 0 Å². The van der Waals surface area contributed by atoms with Crippen LogP contribution in [0.1, 0.15) is 27.9 Å². The lowest BCUT2D eigenvalue weighted by Gasteiger charge is -2.10. The first-order valence-corrected chi connectivity index (χ1v) is 6.62. The van der Waals surface area contributed by atoms with Crippen molar-refractivity contribution in [2.75, 3.05) is 6.61 Å². The molecule has 2 unspecified atom stereocenters. The van der Waals surface area contributed by atoms with E-state index < -0.39 is 0 Å². The molecule has 0 saturated carbocycles. The van der Waals surface area contributed by atoms with Crippen molar-refractivity contribution in [3.05, 3.63) is 20.3 Å². The monoisotopic (exact) mass is 288 g/mol. The lowest BCUT2D eigenvalue weighted by atomic mass is 9.96. The highest BCUT2D eigenvalue weighted by Crippen LogP contribution is 2.31. The number of hydrogen-bond acceptors (Lipinski definition) is 3. The second-order valence-electron chi connectivity index (χ2n) is 3.85. The molecule has 0 spiro atoms. The molecular weight excluding hydrogens is 276 g/mol. The highest BCUT2D eigenvalue weighted by Gasteiger charge is 2.32. The molecule has 0 aromatic carbocycles. The van der Waals surface area contributed by atoms with Crippen LogP contribution in [0.2, 0.25) is 0 Å². The van der Waals surface area contributed by atoms with Crippen molar-refractivity contribution < 1.29 is 9.53 Å². The van der Waals surface area contributed by atoms with E-state index in [9.17, 15) is 4.79 Å². The average Bonchev–Trinajstić information content (AvgIpc) is 2.74.